The maximum absolute atomic E-state index is 11.9. The Kier molecular flexibility index (Phi) is 4.62. The molecular formula is C14H27N3O. The van der Waals surface area contributed by atoms with Gasteiger partial charge in [0.2, 0.25) is 5.91 Å². The van der Waals surface area contributed by atoms with Crippen LogP contribution in [0.2, 0.25) is 0 Å². The van der Waals surface area contributed by atoms with Gasteiger partial charge in [0, 0.05) is 37.8 Å². The fourth-order valence-electron chi connectivity index (χ4n) is 3.04. The Morgan fingerprint density at radius 3 is 2.56 bits per heavy atom. The van der Waals surface area contributed by atoms with Gasteiger partial charge in [0.15, 0.2) is 0 Å². The zero-order chi connectivity index (χ0) is 13.1. The Morgan fingerprint density at radius 1 is 1.33 bits per heavy atom. The summed E-state index contributed by atoms with van der Waals surface area (Å²) in [7, 11) is 0. The molecule has 1 saturated carbocycles. The van der Waals surface area contributed by atoms with Crippen LogP contribution in [-0.2, 0) is 4.79 Å². The van der Waals surface area contributed by atoms with Gasteiger partial charge in [-0.3, -0.25) is 9.69 Å². The van der Waals surface area contributed by atoms with Crippen LogP contribution in [0.4, 0.5) is 0 Å². The van der Waals surface area contributed by atoms with Crippen molar-refractivity contribution in [3.8, 4) is 0 Å². The molecule has 0 spiro atoms. The number of hydrogen-bond donors (Lipinski definition) is 1. The summed E-state index contributed by atoms with van der Waals surface area (Å²) in [5.74, 6) is 0.234. The topological polar surface area (TPSA) is 35.6 Å². The van der Waals surface area contributed by atoms with Crippen LogP contribution in [-0.4, -0.2) is 60.0 Å². The van der Waals surface area contributed by atoms with Gasteiger partial charge < -0.3 is 10.2 Å². The minimum absolute atomic E-state index is 0.234. The highest BCUT2D eigenvalue weighted by Gasteiger charge is 2.38. The van der Waals surface area contributed by atoms with Crippen molar-refractivity contribution in [1.29, 1.82) is 0 Å². The number of carbonyl (C=O) groups is 1. The summed E-state index contributed by atoms with van der Waals surface area (Å²) >= 11 is 0. The van der Waals surface area contributed by atoms with Crippen LogP contribution in [0.1, 0.15) is 40.0 Å². The Labute approximate surface area is 111 Å². The van der Waals surface area contributed by atoms with Crippen LogP contribution in [0, 0.1) is 0 Å². The van der Waals surface area contributed by atoms with Crippen LogP contribution in [0.5, 0.6) is 0 Å². The number of rotatable bonds is 6. The minimum atomic E-state index is 0.234. The summed E-state index contributed by atoms with van der Waals surface area (Å²) in [6, 6.07) is 2.02. The van der Waals surface area contributed by atoms with Crippen molar-refractivity contribution in [2.45, 2.75) is 58.2 Å². The van der Waals surface area contributed by atoms with E-state index in [1.807, 2.05) is 18.7 Å². The van der Waals surface area contributed by atoms with Gasteiger partial charge in [0.1, 0.15) is 0 Å². The number of amides is 1. The summed E-state index contributed by atoms with van der Waals surface area (Å²) in [6.07, 6.45) is 3.92. The predicted molar refractivity (Wildman–Crippen MR) is 73.5 cm³/mol. The van der Waals surface area contributed by atoms with E-state index < -0.39 is 0 Å². The predicted octanol–water partition coefficient (Wildman–Crippen LogP) is 1.07. The summed E-state index contributed by atoms with van der Waals surface area (Å²) in [4.78, 5) is 16.4. The molecule has 0 aromatic heterocycles. The molecule has 1 aliphatic heterocycles. The lowest BCUT2D eigenvalue weighted by Crippen LogP contribution is -2.42. The van der Waals surface area contributed by atoms with E-state index in [0.29, 0.717) is 18.6 Å². The van der Waals surface area contributed by atoms with E-state index in [4.69, 9.17) is 0 Å². The van der Waals surface area contributed by atoms with Crippen molar-refractivity contribution in [1.82, 2.24) is 15.1 Å². The van der Waals surface area contributed by atoms with Gasteiger partial charge in [0.25, 0.3) is 0 Å². The van der Waals surface area contributed by atoms with Crippen molar-refractivity contribution < 1.29 is 4.79 Å². The highest BCUT2D eigenvalue weighted by Crippen LogP contribution is 2.33. The Morgan fingerprint density at radius 2 is 2.00 bits per heavy atom. The molecule has 2 atom stereocenters. The molecule has 2 rings (SSSR count). The first-order valence-corrected chi connectivity index (χ1v) is 7.42. The lowest BCUT2D eigenvalue weighted by molar-refractivity contribution is -0.129. The van der Waals surface area contributed by atoms with E-state index in [2.05, 4.69) is 17.1 Å². The van der Waals surface area contributed by atoms with E-state index in [-0.39, 0.29) is 5.91 Å². The molecule has 18 heavy (non-hydrogen) atoms. The quantitative estimate of drug-likeness (QED) is 0.769. The van der Waals surface area contributed by atoms with Crippen LogP contribution in [0.3, 0.4) is 0 Å². The maximum Gasteiger partial charge on any atom is 0.236 e. The third kappa shape index (κ3) is 3.23. The van der Waals surface area contributed by atoms with Gasteiger partial charge in [-0.1, -0.05) is 0 Å². The maximum atomic E-state index is 11.9. The summed E-state index contributed by atoms with van der Waals surface area (Å²) in [6.45, 7) is 9.63. The zero-order valence-electron chi connectivity index (χ0n) is 12.0. The molecule has 4 nitrogen and oxygen atoms in total. The lowest BCUT2D eigenvalue weighted by atomic mass is 10.2. The number of likely N-dealkylation sites (tertiary alicyclic amines) is 1. The van der Waals surface area contributed by atoms with Crippen LogP contribution >= 0.6 is 0 Å². The molecule has 0 aromatic carbocycles. The van der Waals surface area contributed by atoms with Gasteiger partial charge in [-0.25, -0.2) is 0 Å². The zero-order valence-corrected chi connectivity index (χ0v) is 12.0. The standard InChI is InChI=1S/C14H27N3O/c1-4-16(5-2)14(18)9-15-12-8-11(3)17(10-12)13-6-7-13/h11-13,15H,4-10H2,1-3H3. The molecule has 4 heteroatoms. The Bertz CT molecular complexity index is 287. The second kappa shape index (κ2) is 6.02. The third-order valence-corrected chi connectivity index (χ3v) is 4.30. The van der Waals surface area contributed by atoms with Crippen molar-refractivity contribution in [3.63, 3.8) is 0 Å². The minimum Gasteiger partial charge on any atom is -0.342 e. The molecule has 1 saturated heterocycles. The van der Waals surface area contributed by atoms with E-state index in [9.17, 15) is 4.79 Å². The molecule has 0 radical (unpaired) electrons. The van der Waals surface area contributed by atoms with Crippen molar-refractivity contribution in [2.75, 3.05) is 26.2 Å². The van der Waals surface area contributed by atoms with E-state index >= 15 is 0 Å². The lowest BCUT2D eigenvalue weighted by Gasteiger charge is -2.21. The SMILES string of the molecule is CCN(CC)C(=O)CNC1CC(C)N(C2CC2)C1. The normalized spacial score (nSPS) is 28.6. The second-order valence-electron chi connectivity index (χ2n) is 5.66. The smallest absolute Gasteiger partial charge is 0.236 e. The third-order valence-electron chi connectivity index (χ3n) is 4.30. The molecule has 1 N–H and O–H groups in total. The van der Waals surface area contributed by atoms with Gasteiger partial charge in [-0.15, -0.1) is 0 Å². The monoisotopic (exact) mass is 253 g/mol. The fourth-order valence-corrected chi connectivity index (χ4v) is 3.04. The molecule has 2 fully saturated rings. The number of carbonyl (C=O) groups excluding carboxylic acids is 1. The molecule has 104 valence electrons. The molecule has 1 aliphatic carbocycles. The number of hydrogen-bond acceptors (Lipinski definition) is 3. The summed E-state index contributed by atoms with van der Waals surface area (Å²) in [5.41, 5.74) is 0. The fraction of sp³-hybridized carbons (Fsp3) is 0.929. The Hall–Kier alpha value is -0.610. The number of nitrogens with zero attached hydrogens (tertiary/aromatic N) is 2. The van der Waals surface area contributed by atoms with Gasteiger partial charge >= 0.3 is 0 Å². The van der Waals surface area contributed by atoms with E-state index in [0.717, 1.165) is 25.7 Å². The largest absolute Gasteiger partial charge is 0.342 e. The van der Waals surface area contributed by atoms with Crippen molar-refractivity contribution in [3.05, 3.63) is 0 Å². The van der Waals surface area contributed by atoms with E-state index in [1.165, 1.54) is 19.3 Å². The first-order chi connectivity index (χ1) is 8.65. The molecule has 0 aromatic rings. The second-order valence-corrected chi connectivity index (χ2v) is 5.66. The first-order valence-electron chi connectivity index (χ1n) is 7.42. The highest BCUT2D eigenvalue weighted by atomic mass is 16.2. The van der Waals surface area contributed by atoms with Crippen LogP contribution < -0.4 is 5.32 Å². The average molecular weight is 253 g/mol. The number of likely N-dealkylation sites (N-methyl/N-ethyl adjacent to an activating group) is 1. The first kappa shape index (κ1) is 13.8. The van der Waals surface area contributed by atoms with E-state index in [1.54, 1.807) is 0 Å². The Balaban J connectivity index is 1.72. The van der Waals surface area contributed by atoms with Crippen LogP contribution in [0.25, 0.3) is 0 Å². The molecule has 2 unspecified atom stereocenters. The van der Waals surface area contributed by atoms with Crippen molar-refractivity contribution >= 4 is 5.91 Å². The molecule has 2 aliphatic rings. The van der Waals surface area contributed by atoms with Crippen molar-refractivity contribution in [2.24, 2.45) is 0 Å². The van der Waals surface area contributed by atoms with Gasteiger partial charge in [-0.05, 0) is 40.0 Å². The molecular weight excluding hydrogens is 226 g/mol. The highest BCUT2D eigenvalue weighted by molar-refractivity contribution is 5.78. The molecule has 0 bridgehead atoms. The van der Waals surface area contributed by atoms with Gasteiger partial charge in [0.05, 0.1) is 6.54 Å². The summed E-state index contributed by atoms with van der Waals surface area (Å²) in [5, 5.41) is 3.44. The summed E-state index contributed by atoms with van der Waals surface area (Å²) < 4.78 is 0. The average Bonchev–Trinajstić information content (AvgIpc) is 3.12. The van der Waals surface area contributed by atoms with Gasteiger partial charge in [-0.2, -0.15) is 0 Å². The molecule has 1 heterocycles. The molecule has 1 amide bonds. The van der Waals surface area contributed by atoms with Crippen LogP contribution in [0.15, 0.2) is 0 Å². The number of nitrogens with one attached hydrogen (secondary N) is 1.